The molecule has 0 aromatic carbocycles. The maximum absolute atomic E-state index is 5.61. The number of nitrogens with zero attached hydrogens (tertiary/aromatic N) is 1. The van der Waals surface area contributed by atoms with Gasteiger partial charge in [-0.3, -0.25) is 0 Å². The van der Waals surface area contributed by atoms with Gasteiger partial charge in [0, 0.05) is 26.3 Å². The van der Waals surface area contributed by atoms with E-state index in [1.54, 1.807) is 0 Å². The van der Waals surface area contributed by atoms with Crippen LogP contribution >= 0.6 is 0 Å². The topological polar surface area (TPSA) is 21.7 Å². The summed E-state index contributed by atoms with van der Waals surface area (Å²) in [4.78, 5) is 2.35. The number of rotatable bonds is 4. The van der Waals surface area contributed by atoms with Crippen molar-refractivity contribution >= 4 is 0 Å². The Labute approximate surface area is 86.4 Å². The fraction of sp³-hybridized carbons (Fsp3) is 1.00. The molecule has 0 aliphatic carbocycles. The summed E-state index contributed by atoms with van der Waals surface area (Å²) in [6.07, 6.45) is 5.88. The van der Waals surface area contributed by atoms with Crippen LogP contribution in [0.3, 0.4) is 0 Å². The van der Waals surface area contributed by atoms with Crippen LogP contribution in [0.5, 0.6) is 0 Å². The molecule has 82 valence electrons. The summed E-state index contributed by atoms with van der Waals surface area (Å²) in [5, 5.41) is 0. The summed E-state index contributed by atoms with van der Waals surface area (Å²) in [7, 11) is 2.17. The first-order chi connectivity index (χ1) is 6.84. The summed E-state index contributed by atoms with van der Waals surface area (Å²) >= 11 is 0. The van der Waals surface area contributed by atoms with Crippen LogP contribution in [0.15, 0.2) is 0 Å². The van der Waals surface area contributed by atoms with E-state index in [1.165, 1.54) is 25.7 Å². The zero-order valence-corrected chi connectivity index (χ0v) is 9.08. The summed E-state index contributed by atoms with van der Waals surface area (Å²) in [5.74, 6) is 0. The van der Waals surface area contributed by atoms with Gasteiger partial charge in [0.2, 0.25) is 0 Å². The van der Waals surface area contributed by atoms with Crippen molar-refractivity contribution in [2.24, 2.45) is 0 Å². The Bertz CT molecular complexity index is 145. The smallest absolute Gasteiger partial charge is 0.0702 e. The van der Waals surface area contributed by atoms with Crippen LogP contribution in [0.1, 0.15) is 25.7 Å². The molecule has 2 aliphatic heterocycles. The molecule has 3 nitrogen and oxygen atoms in total. The molecule has 3 heteroatoms. The molecule has 0 amide bonds. The largest absolute Gasteiger partial charge is 0.377 e. The summed E-state index contributed by atoms with van der Waals surface area (Å²) < 4.78 is 11.2. The second-order valence-corrected chi connectivity index (χ2v) is 4.49. The molecule has 2 saturated heterocycles. The standard InChI is InChI=1S/C11H21NO2/c1-12(8-10-4-2-6-13-10)9-11-5-3-7-14-11/h10-11H,2-9H2,1H3. The molecule has 2 heterocycles. The van der Waals surface area contributed by atoms with Crippen LogP contribution in [0, 0.1) is 0 Å². The van der Waals surface area contributed by atoms with Crippen molar-refractivity contribution in [3.63, 3.8) is 0 Å². The lowest BCUT2D eigenvalue weighted by molar-refractivity contribution is 0.0475. The van der Waals surface area contributed by atoms with Crippen molar-refractivity contribution in [2.75, 3.05) is 33.4 Å². The Kier molecular flexibility index (Phi) is 3.79. The van der Waals surface area contributed by atoms with E-state index in [0.717, 1.165) is 26.3 Å². The highest BCUT2D eigenvalue weighted by Crippen LogP contribution is 2.16. The SMILES string of the molecule is CN(CC1CCCO1)CC1CCCO1. The van der Waals surface area contributed by atoms with E-state index in [4.69, 9.17) is 9.47 Å². The highest BCUT2D eigenvalue weighted by molar-refractivity contribution is 4.73. The molecule has 0 aromatic heterocycles. The van der Waals surface area contributed by atoms with Gasteiger partial charge in [-0.2, -0.15) is 0 Å². The van der Waals surface area contributed by atoms with Gasteiger partial charge in [0.1, 0.15) is 0 Å². The molecular weight excluding hydrogens is 178 g/mol. The van der Waals surface area contributed by atoms with Crippen molar-refractivity contribution in [1.29, 1.82) is 0 Å². The van der Waals surface area contributed by atoms with Crippen LogP contribution in [-0.2, 0) is 9.47 Å². The molecule has 0 saturated carbocycles. The highest BCUT2D eigenvalue weighted by atomic mass is 16.5. The van der Waals surface area contributed by atoms with Gasteiger partial charge in [0.25, 0.3) is 0 Å². The molecule has 0 N–H and O–H groups in total. The Morgan fingerprint density at radius 2 is 1.50 bits per heavy atom. The number of hydrogen-bond acceptors (Lipinski definition) is 3. The lowest BCUT2D eigenvalue weighted by atomic mass is 10.2. The van der Waals surface area contributed by atoms with Gasteiger partial charge in [-0.25, -0.2) is 0 Å². The first-order valence-electron chi connectivity index (χ1n) is 5.76. The Balaban J connectivity index is 1.64. The Morgan fingerprint density at radius 1 is 1.00 bits per heavy atom. The van der Waals surface area contributed by atoms with Gasteiger partial charge in [-0.15, -0.1) is 0 Å². The average molecular weight is 199 g/mol. The summed E-state index contributed by atoms with van der Waals surface area (Å²) in [5.41, 5.74) is 0. The first kappa shape index (κ1) is 10.4. The lowest BCUT2D eigenvalue weighted by Gasteiger charge is -2.23. The predicted octanol–water partition coefficient (Wildman–Crippen LogP) is 1.28. The van der Waals surface area contributed by atoms with Crippen LogP contribution in [-0.4, -0.2) is 50.5 Å². The fourth-order valence-electron chi connectivity index (χ4n) is 2.35. The van der Waals surface area contributed by atoms with Crippen LogP contribution in [0.25, 0.3) is 0 Å². The van der Waals surface area contributed by atoms with E-state index in [-0.39, 0.29) is 0 Å². The number of likely N-dealkylation sites (N-methyl/N-ethyl adjacent to an activating group) is 1. The van der Waals surface area contributed by atoms with Gasteiger partial charge >= 0.3 is 0 Å². The van der Waals surface area contributed by atoms with Gasteiger partial charge < -0.3 is 14.4 Å². The lowest BCUT2D eigenvalue weighted by Crippen LogP contribution is -2.34. The van der Waals surface area contributed by atoms with E-state index in [2.05, 4.69) is 11.9 Å². The number of hydrogen-bond donors (Lipinski definition) is 0. The summed E-state index contributed by atoms with van der Waals surface area (Å²) in [6.45, 7) is 4.05. The Hall–Kier alpha value is -0.120. The van der Waals surface area contributed by atoms with Crippen LogP contribution in [0.2, 0.25) is 0 Å². The maximum atomic E-state index is 5.61. The minimum Gasteiger partial charge on any atom is -0.377 e. The zero-order valence-electron chi connectivity index (χ0n) is 9.08. The molecule has 2 aliphatic rings. The third-order valence-corrected chi connectivity index (χ3v) is 3.08. The van der Waals surface area contributed by atoms with Crippen LogP contribution in [0.4, 0.5) is 0 Å². The van der Waals surface area contributed by atoms with E-state index in [0.29, 0.717) is 12.2 Å². The second-order valence-electron chi connectivity index (χ2n) is 4.49. The molecule has 0 radical (unpaired) electrons. The fourth-order valence-corrected chi connectivity index (χ4v) is 2.35. The van der Waals surface area contributed by atoms with Crippen molar-refractivity contribution in [1.82, 2.24) is 4.90 Å². The van der Waals surface area contributed by atoms with E-state index in [1.807, 2.05) is 0 Å². The third kappa shape index (κ3) is 2.94. The third-order valence-electron chi connectivity index (χ3n) is 3.08. The van der Waals surface area contributed by atoms with E-state index >= 15 is 0 Å². The predicted molar refractivity (Wildman–Crippen MR) is 55.4 cm³/mol. The second kappa shape index (κ2) is 5.10. The molecular formula is C11H21NO2. The average Bonchev–Trinajstić information content (AvgIpc) is 2.76. The molecule has 14 heavy (non-hydrogen) atoms. The molecule has 2 fully saturated rings. The molecule has 0 bridgehead atoms. The molecule has 2 rings (SSSR count). The van der Waals surface area contributed by atoms with E-state index in [9.17, 15) is 0 Å². The van der Waals surface area contributed by atoms with Crippen molar-refractivity contribution < 1.29 is 9.47 Å². The quantitative estimate of drug-likeness (QED) is 0.680. The molecule has 0 spiro atoms. The minimum atomic E-state index is 0.474. The van der Waals surface area contributed by atoms with Crippen molar-refractivity contribution in [2.45, 2.75) is 37.9 Å². The first-order valence-corrected chi connectivity index (χ1v) is 5.76. The van der Waals surface area contributed by atoms with Crippen molar-refractivity contribution in [3.05, 3.63) is 0 Å². The van der Waals surface area contributed by atoms with Gasteiger partial charge in [0.05, 0.1) is 12.2 Å². The van der Waals surface area contributed by atoms with E-state index < -0.39 is 0 Å². The highest BCUT2D eigenvalue weighted by Gasteiger charge is 2.21. The maximum Gasteiger partial charge on any atom is 0.0702 e. The van der Waals surface area contributed by atoms with Gasteiger partial charge in [0.15, 0.2) is 0 Å². The normalized spacial score (nSPS) is 33.0. The Morgan fingerprint density at radius 3 is 1.86 bits per heavy atom. The van der Waals surface area contributed by atoms with Crippen molar-refractivity contribution in [3.8, 4) is 0 Å². The molecule has 0 aromatic rings. The van der Waals surface area contributed by atoms with Gasteiger partial charge in [-0.05, 0) is 32.7 Å². The zero-order chi connectivity index (χ0) is 9.80. The number of ether oxygens (including phenoxy) is 2. The van der Waals surface area contributed by atoms with Gasteiger partial charge in [-0.1, -0.05) is 0 Å². The molecule has 2 atom stereocenters. The van der Waals surface area contributed by atoms with Crippen LogP contribution < -0.4 is 0 Å². The minimum absolute atomic E-state index is 0.474. The monoisotopic (exact) mass is 199 g/mol. The molecule has 2 unspecified atom stereocenters. The summed E-state index contributed by atoms with van der Waals surface area (Å²) in [6, 6.07) is 0.